The van der Waals surface area contributed by atoms with Gasteiger partial charge in [0.15, 0.2) is 11.8 Å². The molecule has 29 heavy (non-hydrogen) atoms. The second kappa shape index (κ2) is 11.6. The summed E-state index contributed by atoms with van der Waals surface area (Å²) in [7, 11) is 3.60. The van der Waals surface area contributed by atoms with Gasteiger partial charge in [-0.1, -0.05) is 30.5 Å². The molecule has 0 amide bonds. The molecular formula is C20H30ClIN6O. The molecule has 2 aromatic rings. The second-order valence-corrected chi connectivity index (χ2v) is 7.55. The van der Waals surface area contributed by atoms with Crippen molar-refractivity contribution in [2.24, 2.45) is 12.0 Å². The fraction of sp³-hybridized carbons (Fsp3) is 0.550. The number of ether oxygens (including phenoxy) is 1. The Balaban J connectivity index is 0.00000300. The minimum Gasteiger partial charge on any atom is -0.497 e. The summed E-state index contributed by atoms with van der Waals surface area (Å²) < 4.78 is 7.18. The zero-order valence-corrected chi connectivity index (χ0v) is 20.3. The van der Waals surface area contributed by atoms with Crippen LogP contribution < -0.4 is 15.4 Å². The van der Waals surface area contributed by atoms with E-state index in [1.165, 1.54) is 25.7 Å². The molecule has 160 valence electrons. The van der Waals surface area contributed by atoms with E-state index in [1.54, 1.807) is 7.11 Å². The average molecular weight is 533 g/mol. The summed E-state index contributed by atoms with van der Waals surface area (Å²) >= 11 is 6.35. The predicted octanol–water partition coefficient (Wildman–Crippen LogP) is 3.62. The number of aromatic nitrogens is 3. The van der Waals surface area contributed by atoms with Gasteiger partial charge in [-0.3, -0.25) is 0 Å². The maximum absolute atomic E-state index is 6.35. The van der Waals surface area contributed by atoms with Gasteiger partial charge in [-0.25, -0.2) is 4.99 Å². The van der Waals surface area contributed by atoms with Crippen LogP contribution in [0.1, 0.15) is 42.9 Å². The highest BCUT2D eigenvalue weighted by molar-refractivity contribution is 14.0. The van der Waals surface area contributed by atoms with Crippen LogP contribution in [0, 0.1) is 6.92 Å². The normalized spacial score (nSPS) is 14.6. The zero-order chi connectivity index (χ0) is 19.9. The van der Waals surface area contributed by atoms with E-state index >= 15 is 0 Å². The Hall–Kier alpha value is -1.55. The van der Waals surface area contributed by atoms with Gasteiger partial charge >= 0.3 is 0 Å². The summed E-state index contributed by atoms with van der Waals surface area (Å²) in [6.45, 7) is 3.17. The van der Waals surface area contributed by atoms with Gasteiger partial charge in [0.2, 0.25) is 0 Å². The summed E-state index contributed by atoms with van der Waals surface area (Å²) in [5, 5.41) is 16.0. The van der Waals surface area contributed by atoms with Crippen LogP contribution in [0.3, 0.4) is 0 Å². The Labute approximate surface area is 194 Å². The molecule has 0 aliphatic heterocycles. The molecule has 1 fully saturated rings. The SMILES string of the molecule is COc1ccc(CCNC(=NCc2nnc(C)n2C)NC2CCCC2)c(Cl)c1.I. The Kier molecular flexibility index (Phi) is 9.48. The van der Waals surface area contributed by atoms with Crippen LogP contribution in [-0.2, 0) is 20.0 Å². The van der Waals surface area contributed by atoms with E-state index in [1.807, 2.05) is 36.7 Å². The Morgan fingerprint density at radius 2 is 2.07 bits per heavy atom. The molecule has 1 saturated carbocycles. The molecule has 0 saturated heterocycles. The fourth-order valence-electron chi connectivity index (χ4n) is 3.33. The lowest BCUT2D eigenvalue weighted by Gasteiger charge is -2.17. The fourth-order valence-corrected chi connectivity index (χ4v) is 3.59. The molecule has 0 spiro atoms. The molecule has 1 aliphatic carbocycles. The van der Waals surface area contributed by atoms with Gasteiger partial charge in [0.25, 0.3) is 0 Å². The topological polar surface area (TPSA) is 76.4 Å². The third-order valence-electron chi connectivity index (χ3n) is 5.20. The van der Waals surface area contributed by atoms with Crippen molar-refractivity contribution in [3.05, 3.63) is 40.4 Å². The van der Waals surface area contributed by atoms with Crippen molar-refractivity contribution in [1.29, 1.82) is 0 Å². The molecule has 3 rings (SSSR count). The Morgan fingerprint density at radius 1 is 1.31 bits per heavy atom. The van der Waals surface area contributed by atoms with Crippen molar-refractivity contribution in [2.45, 2.75) is 51.6 Å². The number of aryl methyl sites for hydroxylation is 1. The molecule has 1 aromatic heterocycles. The molecule has 7 nitrogen and oxygen atoms in total. The molecule has 2 N–H and O–H groups in total. The number of benzene rings is 1. The second-order valence-electron chi connectivity index (χ2n) is 7.15. The lowest BCUT2D eigenvalue weighted by Crippen LogP contribution is -2.43. The maximum Gasteiger partial charge on any atom is 0.191 e. The predicted molar refractivity (Wildman–Crippen MR) is 127 cm³/mol. The summed E-state index contributed by atoms with van der Waals surface area (Å²) in [5.74, 6) is 3.32. The number of nitrogens with one attached hydrogen (secondary N) is 2. The van der Waals surface area contributed by atoms with Gasteiger partial charge in [0.1, 0.15) is 18.1 Å². The van der Waals surface area contributed by atoms with Crippen LogP contribution in [0.25, 0.3) is 0 Å². The third-order valence-corrected chi connectivity index (χ3v) is 5.56. The lowest BCUT2D eigenvalue weighted by molar-refractivity contribution is 0.414. The number of methoxy groups -OCH3 is 1. The molecular weight excluding hydrogens is 503 g/mol. The molecule has 9 heteroatoms. The summed E-state index contributed by atoms with van der Waals surface area (Å²) in [6, 6.07) is 6.27. The number of guanidine groups is 1. The number of nitrogens with zero attached hydrogens (tertiary/aromatic N) is 4. The largest absolute Gasteiger partial charge is 0.497 e. The smallest absolute Gasteiger partial charge is 0.191 e. The van der Waals surface area contributed by atoms with E-state index in [2.05, 4.69) is 20.8 Å². The van der Waals surface area contributed by atoms with E-state index < -0.39 is 0 Å². The van der Waals surface area contributed by atoms with Gasteiger partial charge < -0.3 is 19.9 Å². The summed E-state index contributed by atoms with van der Waals surface area (Å²) in [5.41, 5.74) is 1.08. The molecule has 0 bridgehead atoms. The first kappa shape index (κ1) is 23.7. The highest BCUT2D eigenvalue weighted by atomic mass is 127. The first-order chi connectivity index (χ1) is 13.6. The van der Waals surface area contributed by atoms with E-state index in [-0.39, 0.29) is 24.0 Å². The molecule has 0 radical (unpaired) electrons. The van der Waals surface area contributed by atoms with Crippen LogP contribution in [0.5, 0.6) is 5.75 Å². The summed E-state index contributed by atoms with van der Waals surface area (Å²) in [4.78, 5) is 4.73. The van der Waals surface area contributed by atoms with Crippen LogP contribution in [0.4, 0.5) is 0 Å². The number of rotatable bonds is 7. The maximum atomic E-state index is 6.35. The highest BCUT2D eigenvalue weighted by Crippen LogP contribution is 2.22. The molecule has 0 atom stereocenters. The minimum absolute atomic E-state index is 0. The van der Waals surface area contributed by atoms with E-state index in [0.29, 0.717) is 12.6 Å². The number of halogens is 2. The molecule has 1 heterocycles. The van der Waals surface area contributed by atoms with Crippen LogP contribution in [0.15, 0.2) is 23.2 Å². The summed E-state index contributed by atoms with van der Waals surface area (Å²) in [6.07, 6.45) is 5.73. The van der Waals surface area contributed by atoms with Gasteiger partial charge in [0.05, 0.1) is 7.11 Å². The van der Waals surface area contributed by atoms with Crippen LogP contribution >= 0.6 is 35.6 Å². The van der Waals surface area contributed by atoms with Crippen molar-refractivity contribution < 1.29 is 4.74 Å². The van der Waals surface area contributed by atoms with Crippen LogP contribution in [-0.4, -0.2) is 40.4 Å². The van der Waals surface area contributed by atoms with E-state index in [9.17, 15) is 0 Å². The van der Waals surface area contributed by atoms with Crippen molar-refractivity contribution in [1.82, 2.24) is 25.4 Å². The molecule has 1 aromatic carbocycles. The zero-order valence-electron chi connectivity index (χ0n) is 17.2. The number of hydrogen-bond acceptors (Lipinski definition) is 4. The first-order valence-electron chi connectivity index (χ1n) is 9.79. The standard InChI is InChI=1S/C20H29ClN6O.HI/c1-14-25-26-19(27(14)2)13-23-20(24-16-6-4-5-7-16)22-11-10-15-8-9-17(28-3)12-18(15)21;/h8-9,12,16H,4-7,10-11,13H2,1-3H3,(H2,22,23,24);1H. The Morgan fingerprint density at radius 3 is 2.69 bits per heavy atom. The van der Waals surface area contributed by atoms with Gasteiger partial charge in [-0.05, 0) is 43.9 Å². The van der Waals surface area contributed by atoms with Crippen molar-refractivity contribution in [3.8, 4) is 5.75 Å². The molecule has 0 unspecified atom stereocenters. The third kappa shape index (κ3) is 6.74. The van der Waals surface area contributed by atoms with Crippen molar-refractivity contribution in [2.75, 3.05) is 13.7 Å². The quantitative estimate of drug-likeness (QED) is 0.324. The minimum atomic E-state index is 0. The van der Waals surface area contributed by atoms with Gasteiger partial charge in [-0.15, -0.1) is 34.2 Å². The van der Waals surface area contributed by atoms with Crippen molar-refractivity contribution in [3.63, 3.8) is 0 Å². The number of aliphatic imine (C=N–C) groups is 1. The molecule has 1 aliphatic rings. The first-order valence-corrected chi connectivity index (χ1v) is 10.2. The lowest BCUT2D eigenvalue weighted by atomic mass is 10.1. The monoisotopic (exact) mass is 532 g/mol. The average Bonchev–Trinajstić information content (AvgIpc) is 3.31. The van der Waals surface area contributed by atoms with Crippen molar-refractivity contribution >= 4 is 41.5 Å². The van der Waals surface area contributed by atoms with Gasteiger partial charge in [0, 0.05) is 24.7 Å². The highest BCUT2D eigenvalue weighted by Gasteiger charge is 2.16. The number of hydrogen-bond donors (Lipinski definition) is 2. The van der Waals surface area contributed by atoms with E-state index in [0.717, 1.165) is 46.9 Å². The Bertz CT molecular complexity index is 819. The van der Waals surface area contributed by atoms with E-state index in [4.69, 9.17) is 21.3 Å². The van der Waals surface area contributed by atoms with Crippen LogP contribution in [0.2, 0.25) is 5.02 Å². The van der Waals surface area contributed by atoms with Gasteiger partial charge in [-0.2, -0.15) is 0 Å².